The van der Waals surface area contributed by atoms with Crippen molar-refractivity contribution in [1.29, 1.82) is 5.41 Å². The standard InChI is InChI=1S/C21H27N5O4.ClH/c1-21(2,28)20-24-17-18(22)23-11-26(19(17)25-20)10-12-4-7-15(29-3)16(8-12)30-14-6-5-13(27)9-14;/h4,7-8,11,13-14,22,27-28H,5-6,9-10H2,1-3H3,(H,24,25);1H. The number of H-pyrrole nitrogens is 1. The normalized spacial score (nSPS) is 18.7. The predicted octanol–water partition coefficient (Wildman–Crippen LogP) is 2.24. The fraction of sp³-hybridized carbons (Fsp3) is 0.476. The van der Waals surface area contributed by atoms with Gasteiger partial charge in [0.25, 0.3) is 0 Å². The van der Waals surface area contributed by atoms with Crippen molar-refractivity contribution in [2.45, 2.75) is 57.5 Å². The molecule has 1 aliphatic rings. The number of fused-ring (bicyclic) bond motifs is 1. The molecule has 0 aliphatic heterocycles. The van der Waals surface area contributed by atoms with Crippen molar-refractivity contribution in [1.82, 2.24) is 19.5 Å². The second-order valence-electron chi connectivity index (χ2n) is 8.26. The Balaban J connectivity index is 0.00000272. The maximum atomic E-state index is 10.3. The third-order valence-electron chi connectivity index (χ3n) is 5.33. The molecule has 168 valence electrons. The SMILES string of the molecule is COc1ccc(Cn2cnc(=N)c3[nH]c(C(C)(C)O)nc32)cc1OC1CCC(O)C1.Cl. The smallest absolute Gasteiger partial charge is 0.173 e. The molecule has 0 bridgehead atoms. The molecule has 0 radical (unpaired) electrons. The molecule has 2 heterocycles. The van der Waals surface area contributed by atoms with E-state index in [2.05, 4.69) is 15.0 Å². The Kier molecular flexibility index (Phi) is 6.59. The summed E-state index contributed by atoms with van der Waals surface area (Å²) in [5.74, 6) is 1.65. The first kappa shape index (κ1) is 23.1. The van der Waals surface area contributed by atoms with E-state index in [0.717, 1.165) is 18.4 Å². The number of nitrogens with zero attached hydrogens (tertiary/aromatic N) is 3. The molecule has 10 heteroatoms. The second-order valence-corrected chi connectivity index (χ2v) is 8.26. The molecular weight excluding hydrogens is 422 g/mol. The summed E-state index contributed by atoms with van der Waals surface area (Å²) in [6, 6.07) is 5.71. The Labute approximate surface area is 186 Å². The number of rotatable bonds is 6. The first-order chi connectivity index (χ1) is 14.2. The van der Waals surface area contributed by atoms with Gasteiger partial charge in [0.2, 0.25) is 0 Å². The zero-order valence-electron chi connectivity index (χ0n) is 17.8. The largest absolute Gasteiger partial charge is 0.493 e. The Bertz CT molecular complexity index is 1120. The number of aromatic amines is 1. The predicted molar refractivity (Wildman–Crippen MR) is 117 cm³/mol. The Morgan fingerprint density at radius 1 is 1.29 bits per heavy atom. The van der Waals surface area contributed by atoms with Crippen LogP contribution in [0.15, 0.2) is 24.5 Å². The van der Waals surface area contributed by atoms with Gasteiger partial charge in [-0.15, -0.1) is 12.4 Å². The van der Waals surface area contributed by atoms with Crippen LogP contribution in [0.5, 0.6) is 11.5 Å². The quantitative estimate of drug-likeness (QED) is 0.456. The fourth-order valence-electron chi connectivity index (χ4n) is 3.70. The van der Waals surface area contributed by atoms with Crippen molar-refractivity contribution in [3.8, 4) is 11.5 Å². The minimum Gasteiger partial charge on any atom is -0.493 e. The number of aromatic nitrogens is 4. The first-order valence-electron chi connectivity index (χ1n) is 9.99. The molecule has 4 rings (SSSR count). The van der Waals surface area contributed by atoms with Crippen molar-refractivity contribution in [2.75, 3.05) is 7.11 Å². The average molecular weight is 450 g/mol. The highest BCUT2D eigenvalue weighted by Gasteiger charge is 2.25. The van der Waals surface area contributed by atoms with E-state index < -0.39 is 5.60 Å². The molecule has 2 aromatic heterocycles. The molecule has 4 N–H and O–H groups in total. The summed E-state index contributed by atoms with van der Waals surface area (Å²) in [7, 11) is 1.60. The van der Waals surface area contributed by atoms with Crippen LogP contribution in [0.4, 0.5) is 0 Å². The van der Waals surface area contributed by atoms with Crippen LogP contribution in [0, 0.1) is 5.41 Å². The van der Waals surface area contributed by atoms with Crippen molar-refractivity contribution < 1.29 is 19.7 Å². The molecule has 0 saturated heterocycles. The number of ether oxygens (including phenoxy) is 2. The Hall–Kier alpha value is -2.62. The molecule has 1 fully saturated rings. The third kappa shape index (κ3) is 4.84. The molecule has 1 aromatic carbocycles. The number of hydrogen-bond donors (Lipinski definition) is 4. The maximum absolute atomic E-state index is 10.3. The van der Waals surface area contributed by atoms with Gasteiger partial charge in [-0.3, -0.25) is 5.41 Å². The molecule has 2 unspecified atom stereocenters. The van der Waals surface area contributed by atoms with Gasteiger partial charge in [0, 0.05) is 6.42 Å². The summed E-state index contributed by atoms with van der Waals surface area (Å²) in [6.45, 7) is 3.73. The van der Waals surface area contributed by atoms with Crippen LogP contribution in [-0.2, 0) is 12.1 Å². The van der Waals surface area contributed by atoms with Crippen LogP contribution in [0.25, 0.3) is 11.2 Å². The minimum absolute atomic E-state index is 0. The van der Waals surface area contributed by atoms with Gasteiger partial charge >= 0.3 is 0 Å². The van der Waals surface area contributed by atoms with Gasteiger partial charge in [-0.25, -0.2) is 9.97 Å². The number of benzene rings is 1. The lowest BCUT2D eigenvalue weighted by Gasteiger charge is -2.17. The summed E-state index contributed by atoms with van der Waals surface area (Å²) >= 11 is 0. The molecular formula is C21H28ClN5O4. The number of imidazole rings is 1. The van der Waals surface area contributed by atoms with E-state index >= 15 is 0 Å². The summed E-state index contributed by atoms with van der Waals surface area (Å²) < 4.78 is 13.4. The van der Waals surface area contributed by atoms with Gasteiger partial charge in [-0.05, 0) is 44.4 Å². The van der Waals surface area contributed by atoms with Crippen molar-refractivity contribution >= 4 is 23.6 Å². The minimum atomic E-state index is -1.16. The summed E-state index contributed by atoms with van der Waals surface area (Å²) in [4.78, 5) is 11.7. The average Bonchev–Trinajstić information content (AvgIpc) is 3.31. The van der Waals surface area contributed by atoms with Crippen molar-refractivity contribution in [3.63, 3.8) is 0 Å². The highest BCUT2D eigenvalue weighted by atomic mass is 35.5. The summed E-state index contributed by atoms with van der Waals surface area (Å²) in [5, 5.41) is 28.1. The van der Waals surface area contributed by atoms with E-state index in [1.807, 2.05) is 22.8 Å². The number of halogens is 1. The Morgan fingerprint density at radius 2 is 2.06 bits per heavy atom. The fourth-order valence-corrected chi connectivity index (χ4v) is 3.70. The zero-order valence-corrected chi connectivity index (χ0v) is 18.6. The highest BCUT2D eigenvalue weighted by molar-refractivity contribution is 5.85. The third-order valence-corrected chi connectivity index (χ3v) is 5.33. The number of hydrogen-bond acceptors (Lipinski definition) is 7. The summed E-state index contributed by atoms with van der Waals surface area (Å²) in [5.41, 5.74) is 0.880. The van der Waals surface area contributed by atoms with Gasteiger partial charge in [-0.2, -0.15) is 0 Å². The maximum Gasteiger partial charge on any atom is 0.173 e. The number of aliphatic hydroxyl groups excluding tert-OH is 1. The molecule has 9 nitrogen and oxygen atoms in total. The van der Waals surface area contributed by atoms with Crippen molar-refractivity contribution in [3.05, 3.63) is 41.4 Å². The van der Waals surface area contributed by atoms with E-state index in [9.17, 15) is 10.2 Å². The van der Waals surface area contributed by atoms with E-state index in [1.54, 1.807) is 27.3 Å². The van der Waals surface area contributed by atoms with E-state index in [1.165, 1.54) is 0 Å². The van der Waals surface area contributed by atoms with E-state index in [4.69, 9.17) is 14.9 Å². The van der Waals surface area contributed by atoms with Crippen LogP contribution in [-0.4, -0.2) is 49.0 Å². The van der Waals surface area contributed by atoms with E-state index in [0.29, 0.717) is 41.5 Å². The van der Waals surface area contributed by atoms with Gasteiger partial charge < -0.3 is 29.2 Å². The van der Waals surface area contributed by atoms with Gasteiger partial charge in [-0.1, -0.05) is 6.07 Å². The number of nitrogens with one attached hydrogen (secondary N) is 2. The lowest BCUT2D eigenvalue weighted by Crippen LogP contribution is -2.17. The van der Waals surface area contributed by atoms with Crippen LogP contribution in [0.3, 0.4) is 0 Å². The molecule has 2 atom stereocenters. The van der Waals surface area contributed by atoms with Gasteiger partial charge in [0.15, 0.2) is 22.6 Å². The monoisotopic (exact) mass is 449 g/mol. The first-order valence-corrected chi connectivity index (χ1v) is 9.99. The van der Waals surface area contributed by atoms with Crippen LogP contribution in [0.1, 0.15) is 44.5 Å². The molecule has 3 aromatic rings. The van der Waals surface area contributed by atoms with Crippen LogP contribution in [0.2, 0.25) is 0 Å². The summed E-state index contributed by atoms with van der Waals surface area (Å²) in [6.07, 6.45) is 3.39. The second kappa shape index (κ2) is 8.86. The van der Waals surface area contributed by atoms with Crippen LogP contribution >= 0.6 is 12.4 Å². The molecule has 31 heavy (non-hydrogen) atoms. The zero-order chi connectivity index (χ0) is 21.5. The topological polar surface area (TPSA) is 129 Å². The highest BCUT2D eigenvalue weighted by Crippen LogP contribution is 2.33. The Morgan fingerprint density at radius 3 is 2.71 bits per heavy atom. The molecule has 1 aliphatic carbocycles. The molecule has 0 amide bonds. The lowest BCUT2D eigenvalue weighted by atomic mass is 10.1. The van der Waals surface area contributed by atoms with E-state index in [-0.39, 0.29) is 30.1 Å². The van der Waals surface area contributed by atoms with Crippen LogP contribution < -0.4 is 15.0 Å². The number of aliphatic hydroxyl groups is 2. The number of methoxy groups -OCH3 is 1. The van der Waals surface area contributed by atoms with Crippen molar-refractivity contribution in [2.24, 2.45) is 0 Å². The lowest BCUT2D eigenvalue weighted by molar-refractivity contribution is 0.0699. The molecule has 1 saturated carbocycles. The van der Waals surface area contributed by atoms with Gasteiger partial charge in [0.1, 0.15) is 23.0 Å². The molecule has 0 spiro atoms. The van der Waals surface area contributed by atoms with Gasteiger partial charge in [0.05, 0.1) is 26.1 Å².